The van der Waals surface area contributed by atoms with E-state index in [1.54, 1.807) is 0 Å². The highest BCUT2D eigenvalue weighted by molar-refractivity contribution is 6.21. The zero-order chi connectivity index (χ0) is 21.2. The first kappa shape index (κ1) is 23.9. The largest absolute Gasteiger partial charge is 0.481 e. The van der Waals surface area contributed by atoms with Crippen molar-refractivity contribution < 1.29 is 20.1 Å². The number of aliphatic carboxylic acids is 1. The number of hydrogen-bond acceptors (Lipinski definition) is 3. The van der Waals surface area contributed by atoms with Gasteiger partial charge in [-0.15, -0.1) is 11.6 Å². The lowest BCUT2D eigenvalue weighted by molar-refractivity contribution is -0.137. The number of allylic oxidation sites excluding steroid dienone is 2. The second-order valence-electron chi connectivity index (χ2n) is 8.18. The molecule has 29 heavy (non-hydrogen) atoms. The SMILES string of the molecule is CCCCC[C@@H](O)c1ccc([C@@H]2[C@@H](C/C=C\CCCC(=O)O)[C@@H](Cl)C[C@H]2O)cc1. The van der Waals surface area contributed by atoms with Crippen molar-refractivity contribution >= 4 is 17.6 Å². The maximum atomic E-state index is 10.6. The number of halogens is 1. The van der Waals surface area contributed by atoms with Crippen LogP contribution in [0.15, 0.2) is 36.4 Å². The number of carboxylic acids is 1. The molecular formula is C24H35ClO4. The van der Waals surface area contributed by atoms with E-state index >= 15 is 0 Å². The second kappa shape index (κ2) is 12.4. The number of unbranched alkanes of at least 4 members (excludes halogenated alkanes) is 3. The van der Waals surface area contributed by atoms with Gasteiger partial charge in [0.1, 0.15) is 0 Å². The summed E-state index contributed by atoms with van der Waals surface area (Å²) in [4.78, 5) is 10.6. The molecule has 1 aromatic carbocycles. The van der Waals surface area contributed by atoms with Crippen LogP contribution in [0.25, 0.3) is 0 Å². The van der Waals surface area contributed by atoms with Gasteiger partial charge in [-0.1, -0.05) is 62.6 Å². The predicted molar refractivity (Wildman–Crippen MR) is 117 cm³/mol. The Bertz CT molecular complexity index is 643. The van der Waals surface area contributed by atoms with Gasteiger partial charge in [0.15, 0.2) is 0 Å². The van der Waals surface area contributed by atoms with Gasteiger partial charge in [0, 0.05) is 17.7 Å². The zero-order valence-electron chi connectivity index (χ0n) is 17.3. The Hall–Kier alpha value is -1.36. The summed E-state index contributed by atoms with van der Waals surface area (Å²) in [6.45, 7) is 2.15. The third kappa shape index (κ3) is 7.44. The Labute approximate surface area is 179 Å². The third-order valence-corrected chi connectivity index (χ3v) is 6.43. The lowest BCUT2D eigenvalue weighted by Gasteiger charge is -2.23. The van der Waals surface area contributed by atoms with Crippen LogP contribution in [0.3, 0.4) is 0 Å². The lowest BCUT2D eigenvalue weighted by atomic mass is 9.84. The molecule has 1 aliphatic carbocycles. The molecule has 0 saturated heterocycles. The van der Waals surface area contributed by atoms with E-state index in [1.165, 1.54) is 0 Å². The minimum absolute atomic E-state index is 0.0209. The van der Waals surface area contributed by atoms with Gasteiger partial charge in [-0.2, -0.15) is 0 Å². The van der Waals surface area contributed by atoms with Crippen LogP contribution in [-0.4, -0.2) is 32.8 Å². The first-order chi connectivity index (χ1) is 13.9. The van der Waals surface area contributed by atoms with Gasteiger partial charge in [0.25, 0.3) is 0 Å². The summed E-state index contributed by atoms with van der Waals surface area (Å²) in [6.07, 6.45) is 10.2. The lowest BCUT2D eigenvalue weighted by Crippen LogP contribution is -2.18. The molecule has 162 valence electrons. The maximum absolute atomic E-state index is 10.6. The normalized spacial score (nSPS) is 25.5. The molecule has 0 aromatic heterocycles. The molecule has 1 saturated carbocycles. The Morgan fingerprint density at radius 2 is 1.93 bits per heavy atom. The summed E-state index contributed by atoms with van der Waals surface area (Å²) in [5.41, 5.74) is 1.99. The number of aliphatic hydroxyl groups is 2. The highest BCUT2D eigenvalue weighted by Crippen LogP contribution is 2.45. The molecule has 3 N–H and O–H groups in total. The molecular weight excluding hydrogens is 388 g/mol. The molecule has 1 aliphatic rings. The topological polar surface area (TPSA) is 77.8 Å². The number of carbonyl (C=O) groups is 1. The molecule has 1 fully saturated rings. The van der Waals surface area contributed by atoms with Crippen LogP contribution in [-0.2, 0) is 4.79 Å². The van der Waals surface area contributed by atoms with E-state index in [1.807, 2.05) is 30.3 Å². The molecule has 0 unspecified atom stereocenters. The first-order valence-electron chi connectivity index (χ1n) is 10.9. The second-order valence-corrected chi connectivity index (χ2v) is 8.74. The summed E-state index contributed by atoms with van der Waals surface area (Å²) >= 11 is 6.54. The van der Waals surface area contributed by atoms with E-state index in [4.69, 9.17) is 16.7 Å². The maximum Gasteiger partial charge on any atom is 0.303 e. The summed E-state index contributed by atoms with van der Waals surface area (Å²) in [7, 11) is 0. The van der Waals surface area contributed by atoms with Crippen molar-refractivity contribution in [1.29, 1.82) is 0 Å². The molecule has 0 bridgehead atoms. The molecule has 1 aromatic rings. The van der Waals surface area contributed by atoms with Crippen molar-refractivity contribution in [2.45, 2.75) is 88.2 Å². The van der Waals surface area contributed by atoms with Gasteiger partial charge in [-0.05, 0) is 49.1 Å². The van der Waals surface area contributed by atoms with Gasteiger partial charge in [0.2, 0.25) is 0 Å². The highest BCUT2D eigenvalue weighted by atomic mass is 35.5. The molecule has 0 amide bonds. The van der Waals surface area contributed by atoms with Crippen LogP contribution in [0.2, 0.25) is 0 Å². The minimum Gasteiger partial charge on any atom is -0.481 e. The predicted octanol–water partition coefficient (Wildman–Crippen LogP) is 5.57. The van der Waals surface area contributed by atoms with Crippen LogP contribution in [0.4, 0.5) is 0 Å². The van der Waals surface area contributed by atoms with Crippen molar-refractivity contribution in [2.24, 2.45) is 5.92 Å². The average Bonchev–Trinajstić information content (AvgIpc) is 2.97. The van der Waals surface area contributed by atoms with Gasteiger partial charge in [-0.25, -0.2) is 0 Å². The molecule has 4 nitrogen and oxygen atoms in total. The fraction of sp³-hybridized carbons (Fsp3) is 0.625. The van der Waals surface area contributed by atoms with E-state index < -0.39 is 18.2 Å². The highest BCUT2D eigenvalue weighted by Gasteiger charge is 2.41. The number of benzene rings is 1. The molecule has 5 atom stereocenters. The van der Waals surface area contributed by atoms with Crippen LogP contribution >= 0.6 is 11.6 Å². The summed E-state index contributed by atoms with van der Waals surface area (Å²) < 4.78 is 0. The van der Waals surface area contributed by atoms with Crippen molar-refractivity contribution in [3.63, 3.8) is 0 Å². The number of hydrogen-bond donors (Lipinski definition) is 3. The molecule has 0 radical (unpaired) electrons. The number of rotatable bonds is 12. The molecule has 5 heteroatoms. The van der Waals surface area contributed by atoms with Crippen molar-refractivity contribution in [2.75, 3.05) is 0 Å². The Balaban J connectivity index is 1.96. The monoisotopic (exact) mass is 422 g/mol. The van der Waals surface area contributed by atoms with E-state index in [9.17, 15) is 15.0 Å². The number of carboxylic acid groups (broad SMARTS) is 1. The van der Waals surface area contributed by atoms with Crippen LogP contribution in [0, 0.1) is 5.92 Å². The van der Waals surface area contributed by atoms with Gasteiger partial charge in [-0.3, -0.25) is 4.79 Å². The smallest absolute Gasteiger partial charge is 0.303 e. The van der Waals surface area contributed by atoms with Gasteiger partial charge in [0.05, 0.1) is 12.2 Å². The third-order valence-electron chi connectivity index (χ3n) is 5.93. The Morgan fingerprint density at radius 3 is 2.59 bits per heavy atom. The summed E-state index contributed by atoms with van der Waals surface area (Å²) in [5.74, 6) is -0.646. The van der Waals surface area contributed by atoms with Gasteiger partial charge < -0.3 is 15.3 Å². The molecule has 0 aliphatic heterocycles. The number of alkyl halides is 1. The quantitative estimate of drug-likeness (QED) is 0.233. The van der Waals surface area contributed by atoms with Crippen molar-refractivity contribution in [3.05, 3.63) is 47.5 Å². The van der Waals surface area contributed by atoms with Crippen LogP contribution in [0.5, 0.6) is 0 Å². The zero-order valence-corrected chi connectivity index (χ0v) is 18.1. The van der Waals surface area contributed by atoms with E-state index in [0.717, 1.165) is 49.7 Å². The van der Waals surface area contributed by atoms with Gasteiger partial charge >= 0.3 is 5.97 Å². The van der Waals surface area contributed by atoms with E-state index in [2.05, 4.69) is 13.0 Å². The average molecular weight is 423 g/mol. The molecule has 0 spiro atoms. The first-order valence-corrected chi connectivity index (χ1v) is 11.3. The fourth-order valence-electron chi connectivity index (χ4n) is 4.26. The number of aliphatic hydroxyl groups excluding tert-OH is 2. The standard InChI is InChI=1S/C24H35ClO4/c1-2-3-6-10-21(26)17-12-14-18(15-13-17)24-19(20(25)16-22(24)27)9-7-4-5-8-11-23(28)29/h4,7,12-15,19-22,24,26-27H,2-3,5-6,8-11,16H2,1H3,(H,28,29)/b7-4-/t19-,20-,21+,22+,24+/m0/s1. The molecule has 0 heterocycles. The minimum atomic E-state index is -0.767. The Morgan fingerprint density at radius 1 is 1.21 bits per heavy atom. The summed E-state index contributed by atoms with van der Waals surface area (Å²) in [5, 5.41) is 29.5. The molecule has 2 rings (SSSR count). The summed E-state index contributed by atoms with van der Waals surface area (Å²) in [6, 6.07) is 7.98. The van der Waals surface area contributed by atoms with E-state index in [-0.39, 0.29) is 23.6 Å². The van der Waals surface area contributed by atoms with Crippen molar-refractivity contribution in [1.82, 2.24) is 0 Å². The Kier molecular flexibility index (Phi) is 10.2. The fourth-order valence-corrected chi connectivity index (χ4v) is 4.71. The van der Waals surface area contributed by atoms with Crippen molar-refractivity contribution in [3.8, 4) is 0 Å². The van der Waals surface area contributed by atoms with Crippen LogP contribution in [0.1, 0.15) is 87.9 Å². The van der Waals surface area contributed by atoms with Crippen LogP contribution < -0.4 is 0 Å². The van der Waals surface area contributed by atoms with E-state index in [0.29, 0.717) is 12.8 Å².